The third-order valence-corrected chi connectivity index (χ3v) is 3.12. The first-order valence-electron chi connectivity index (χ1n) is 6.34. The average Bonchev–Trinajstić information content (AvgIpc) is 2.87. The van der Waals surface area contributed by atoms with Crippen molar-refractivity contribution >= 4 is 23.5 Å². The van der Waals surface area contributed by atoms with E-state index in [0.717, 1.165) is 0 Å². The van der Waals surface area contributed by atoms with Gasteiger partial charge in [0, 0.05) is 24.5 Å². The Balaban J connectivity index is 1.87. The maximum absolute atomic E-state index is 12.1. The number of methoxy groups -OCH3 is 1. The van der Waals surface area contributed by atoms with Crippen LogP contribution < -0.4 is 16.4 Å². The SMILES string of the molecule is COC(=O)NC1CCN(C(=O)Nc2cccc(N)c2)C1. The molecular weight excluding hydrogens is 260 g/mol. The van der Waals surface area contributed by atoms with Gasteiger partial charge in [0.05, 0.1) is 13.2 Å². The summed E-state index contributed by atoms with van der Waals surface area (Å²) in [5.41, 5.74) is 6.90. The zero-order valence-electron chi connectivity index (χ0n) is 11.3. The molecule has 1 aliphatic heterocycles. The number of alkyl carbamates (subject to hydrolysis) is 1. The number of benzene rings is 1. The quantitative estimate of drug-likeness (QED) is 0.709. The van der Waals surface area contributed by atoms with Crippen LogP contribution in [0.1, 0.15) is 6.42 Å². The van der Waals surface area contributed by atoms with Crippen molar-refractivity contribution in [1.82, 2.24) is 10.2 Å². The molecule has 4 N–H and O–H groups in total. The van der Waals surface area contributed by atoms with E-state index in [1.165, 1.54) is 7.11 Å². The van der Waals surface area contributed by atoms with Crippen molar-refractivity contribution in [2.75, 3.05) is 31.2 Å². The van der Waals surface area contributed by atoms with E-state index in [1.807, 2.05) is 0 Å². The maximum atomic E-state index is 12.1. The van der Waals surface area contributed by atoms with Crippen molar-refractivity contribution in [2.24, 2.45) is 0 Å². The van der Waals surface area contributed by atoms with Gasteiger partial charge in [0.25, 0.3) is 0 Å². The zero-order valence-corrected chi connectivity index (χ0v) is 11.3. The highest BCUT2D eigenvalue weighted by Gasteiger charge is 2.27. The van der Waals surface area contributed by atoms with Crippen LogP contribution in [0.4, 0.5) is 21.0 Å². The molecule has 1 aromatic rings. The number of amides is 3. The third-order valence-electron chi connectivity index (χ3n) is 3.12. The molecule has 7 nitrogen and oxygen atoms in total. The van der Waals surface area contributed by atoms with Crippen molar-refractivity contribution in [1.29, 1.82) is 0 Å². The molecule has 1 unspecified atom stereocenters. The number of likely N-dealkylation sites (tertiary alicyclic amines) is 1. The van der Waals surface area contributed by atoms with Crippen LogP contribution >= 0.6 is 0 Å². The standard InChI is InChI=1S/C13H18N4O3/c1-20-13(19)16-11-5-6-17(8-11)12(18)15-10-4-2-3-9(14)7-10/h2-4,7,11H,5-6,8,14H2,1H3,(H,15,18)(H,16,19). The fraction of sp³-hybridized carbons (Fsp3) is 0.385. The molecule has 0 bridgehead atoms. The van der Waals surface area contributed by atoms with Gasteiger partial charge in [-0.1, -0.05) is 6.07 Å². The van der Waals surface area contributed by atoms with Crippen molar-refractivity contribution in [3.05, 3.63) is 24.3 Å². The summed E-state index contributed by atoms with van der Waals surface area (Å²) in [5, 5.41) is 5.46. The molecule has 0 saturated carbocycles. The third kappa shape index (κ3) is 3.53. The van der Waals surface area contributed by atoms with E-state index in [9.17, 15) is 9.59 Å². The van der Waals surface area contributed by atoms with Crippen LogP contribution in [0.2, 0.25) is 0 Å². The van der Waals surface area contributed by atoms with E-state index in [1.54, 1.807) is 29.2 Å². The summed E-state index contributed by atoms with van der Waals surface area (Å²) in [4.78, 5) is 24.8. The molecule has 1 fully saturated rings. The first-order chi connectivity index (χ1) is 9.58. The van der Waals surface area contributed by atoms with Gasteiger partial charge in [-0.25, -0.2) is 9.59 Å². The van der Waals surface area contributed by atoms with Gasteiger partial charge in [-0.2, -0.15) is 0 Å². The smallest absolute Gasteiger partial charge is 0.407 e. The number of nitrogens with zero attached hydrogens (tertiary/aromatic N) is 1. The van der Waals surface area contributed by atoms with Crippen LogP contribution in [0.5, 0.6) is 0 Å². The first kappa shape index (κ1) is 14.0. The average molecular weight is 278 g/mol. The number of nitrogens with two attached hydrogens (primary N) is 1. The van der Waals surface area contributed by atoms with Crippen LogP contribution in [0, 0.1) is 0 Å². The fourth-order valence-corrected chi connectivity index (χ4v) is 2.11. The van der Waals surface area contributed by atoms with Crippen molar-refractivity contribution in [2.45, 2.75) is 12.5 Å². The molecular formula is C13H18N4O3. The van der Waals surface area contributed by atoms with Gasteiger partial charge >= 0.3 is 12.1 Å². The summed E-state index contributed by atoms with van der Waals surface area (Å²) in [7, 11) is 1.31. The normalized spacial score (nSPS) is 17.6. The molecule has 1 aromatic carbocycles. The van der Waals surface area contributed by atoms with E-state index in [2.05, 4.69) is 15.4 Å². The number of nitrogen functional groups attached to an aromatic ring is 1. The summed E-state index contributed by atoms with van der Waals surface area (Å²) in [6.45, 7) is 1.05. The molecule has 20 heavy (non-hydrogen) atoms. The van der Waals surface area contributed by atoms with E-state index < -0.39 is 6.09 Å². The predicted molar refractivity (Wildman–Crippen MR) is 75.4 cm³/mol. The molecule has 1 aliphatic rings. The van der Waals surface area contributed by atoms with Gasteiger partial charge in [0.2, 0.25) is 0 Å². The van der Waals surface area contributed by atoms with E-state index >= 15 is 0 Å². The lowest BCUT2D eigenvalue weighted by atomic mass is 10.3. The number of ether oxygens (including phenoxy) is 1. The summed E-state index contributed by atoms with van der Waals surface area (Å²) in [6, 6.07) is 6.71. The van der Waals surface area contributed by atoms with Gasteiger partial charge in [0.15, 0.2) is 0 Å². The number of carbonyl (C=O) groups excluding carboxylic acids is 2. The second-order valence-corrected chi connectivity index (χ2v) is 4.62. The van der Waals surface area contributed by atoms with E-state index in [4.69, 9.17) is 5.73 Å². The minimum absolute atomic E-state index is 0.0750. The lowest BCUT2D eigenvalue weighted by molar-refractivity contribution is 0.166. The number of urea groups is 1. The number of carbonyl (C=O) groups is 2. The molecule has 1 atom stereocenters. The lowest BCUT2D eigenvalue weighted by Gasteiger charge is -2.17. The van der Waals surface area contributed by atoms with Gasteiger partial charge in [-0.15, -0.1) is 0 Å². The second-order valence-electron chi connectivity index (χ2n) is 4.62. The Morgan fingerprint density at radius 2 is 2.25 bits per heavy atom. The second kappa shape index (κ2) is 6.14. The minimum Gasteiger partial charge on any atom is -0.453 e. The molecule has 0 radical (unpaired) electrons. The molecule has 0 aromatic heterocycles. The van der Waals surface area contributed by atoms with Gasteiger partial charge < -0.3 is 26.0 Å². The molecule has 3 amide bonds. The molecule has 1 saturated heterocycles. The van der Waals surface area contributed by atoms with Crippen LogP contribution in [-0.4, -0.2) is 43.3 Å². The monoisotopic (exact) mass is 278 g/mol. The number of hydrogen-bond donors (Lipinski definition) is 3. The topological polar surface area (TPSA) is 96.7 Å². The van der Waals surface area contributed by atoms with Crippen LogP contribution in [0.25, 0.3) is 0 Å². The summed E-state index contributed by atoms with van der Waals surface area (Å²) in [5.74, 6) is 0. The number of anilines is 2. The Hall–Kier alpha value is -2.44. The Kier molecular flexibility index (Phi) is 4.29. The highest BCUT2D eigenvalue weighted by molar-refractivity contribution is 5.90. The Morgan fingerprint density at radius 3 is 2.95 bits per heavy atom. The Bertz CT molecular complexity index is 506. The van der Waals surface area contributed by atoms with Crippen LogP contribution in [0.15, 0.2) is 24.3 Å². The number of rotatable bonds is 2. The first-order valence-corrected chi connectivity index (χ1v) is 6.34. The molecule has 7 heteroatoms. The Labute approximate surface area is 117 Å². The Morgan fingerprint density at radius 1 is 1.45 bits per heavy atom. The summed E-state index contributed by atoms with van der Waals surface area (Å²) >= 11 is 0. The molecule has 2 rings (SSSR count). The van der Waals surface area contributed by atoms with E-state index in [-0.39, 0.29) is 12.1 Å². The molecule has 0 spiro atoms. The summed E-state index contributed by atoms with van der Waals surface area (Å²) in [6.07, 6.45) is 0.229. The maximum Gasteiger partial charge on any atom is 0.407 e. The molecule has 108 valence electrons. The van der Waals surface area contributed by atoms with Crippen molar-refractivity contribution < 1.29 is 14.3 Å². The fourth-order valence-electron chi connectivity index (χ4n) is 2.11. The van der Waals surface area contributed by atoms with Crippen LogP contribution in [0.3, 0.4) is 0 Å². The van der Waals surface area contributed by atoms with Gasteiger partial charge in [0.1, 0.15) is 0 Å². The van der Waals surface area contributed by atoms with Gasteiger partial charge in [-0.05, 0) is 24.6 Å². The van der Waals surface area contributed by atoms with Crippen molar-refractivity contribution in [3.8, 4) is 0 Å². The largest absolute Gasteiger partial charge is 0.453 e. The van der Waals surface area contributed by atoms with Crippen molar-refractivity contribution in [3.63, 3.8) is 0 Å². The zero-order chi connectivity index (χ0) is 14.5. The molecule has 1 heterocycles. The van der Waals surface area contributed by atoms with Crippen LogP contribution in [-0.2, 0) is 4.74 Å². The highest BCUT2D eigenvalue weighted by Crippen LogP contribution is 2.15. The number of hydrogen-bond acceptors (Lipinski definition) is 4. The molecule has 0 aliphatic carbocycles. The van der Waals surface area contributed by atoms with Gasteiger partial charge in [-0.3, -0.25) is 0 Å². The summed E-state index contributed by atoms with van der Waals surface area (Å²) < 4.78 is 4.53. The number of nitrogens with one attached hydrogen (secondary N) is 2. The predicted octanol–water partition coefficient (Wildman–Crippen LogP) is 1.23. The van der Waals surface area contributed by atoms with E-state index in [0.29, 0.717) is 30.9 Å². The lowest BCUT2D eigenvalue weighted by Crippen LogP contribution is -2.39. The highest BCUT2D eigenvalue weighted by atomic mass is 16.5. The minimum atomic E-state index is -0.479.